The zero-order valence-electron chi connectivity index (χ0n) is 34.6. The topological polar surface area (TPSA) is 177 Å². The molecule has 62 heavy (non-hydrogen) atoms. The Morgan fingerprint density at radius 1 is 0.823 bits per heavy atom. The maximum atomic E-state index is 15.0. The number of nitrogens with zero attached hydrogens (tertiary/aromatic N) is 6. The Hall–Kier alpha value is -6.16. The van der Waals surface area contributed by atoms with E-state index in [0.29, 0.717) is 46.6 Å². The molecule has 324 valence electrons. The molecule has 16 heteroatoms. The second kappa shape index (κ2) is 18.1. The number of amides is 3. The minimum Gasteiger partial charge on any atom is -0.408 e. The number of halogens is 1. The lowest BCUT2D eigenvalue weighted by atomic mass is 9.89. The van der Waals surface area contributed by atoms with Gasteiger partial charge in [-0.15, -0.1) is 0 Å². The maximum absolute atomic E-state index is 15.0. The minimum absolute atomic E-state index is 0.104. The van der Waals surface area contributed by atoms with Crippen LogP contribution in [-0.4, -0.2) is 86.5 Å². The monoisotopic (exact) mass is 845 g/mol. The van der Waals surface area contributed by atoms with E-state index in [1.54, 1.807) is 42.6 Å². The van der Waals surface area contributed by atoms with Gasteiger partial charge in [0.2, 0.25) is 23.7 Å². The van der Waals surface area contributed by atoms with Gasteiger partial charge in [-0.25, -0.2) is 19.2 Å². The molecule has 9 rings (SSSR count). The molecule has 3 amide bonds. The Morgan fingerprint density at radius 3 is 2.37 bits per heavy atom. The highest BCUT2D eigenvalue weighted by Gasteiger charge is 2.32. The predicted molar refractivity (Wildman–Crippen MR) is 231 cm³/mol. The van der Waals surface area contributed by atoms with Crippen molar-refractivity contribution < 1.29 is 23.2 Å². The summed E-state index contributed by atoms with van der Waals surface area (Å²) in [5.74, 6) is -0.498. The number of nitrogens with one attached hydrogen (secondary N) is 3. The molecule has 0 radical (unpaired) electrons. The molecule has 0 bridgehead atoms. The van der Waals surface area contributed by atoms with Gasteiger partial charge in [0.25, 0.3) is 5.56 Å². The third kappa shape index (κ3) is 9.20. The van der Waals surface area contributed by atoms with Gasteiger partial charge in [0.1, 0.15) is 11.7 Å². The normalized spacial score (nSPS) is 21.8. The van der Waals surface area contributed by atoms with Gasteiger partial charge in [-0.2, -0.15) is 0 Å². The average molecular weight is 846 g/mol. The van der Waals surface area contributed by atoms with Crippen LogP contribution in [0.1, 0.15) is 76.7 Å². The lowest BCUT2D eigenvalue weighted by molar-refractivity contribution is -0.135. The highest BCUT2D eigenvalue weighted by molar-refractivity contribution is 6.00. The molecule has 4 aliphatic rings. The molecule has 3 aliphatic heterocycles. The summed E-state index contributed by atoms with van der Waals surface area (Å²) in [6, 6.07) is 17.2. The van der Waals surface area contributed by atoms with Crippen LogP contribution in [0, 0.1) is 17.7 Å². The van der Waals surface area contributed by atoms with Crippen LogP contribution in [0.25, 0.3) is 28.0 Å². The lowest BCUT2D eigenvalue weighted by Gasteiger charge is -2.38. The number of anilines is 2. The van der Waals surface area contributed by atoms with E-state index in [1.165, 1.54) is 21.4 Å². The number of pyridine rings is 1. The molecule has 3 N–H and O–H groups in total. The summed E-state index contributed by atoms with van der Waals surface area (Å²) in [5, 5.41) is 9.00. The number of rotatable bonds is 11. The number of benzene rings is 2. The van der Waals surface area contributed by atoms with Crippen LogP contribution in [0.3, 0.4) is 0 Å². The number of aromatic nitrogens is 4. The first-order valence-electron chi connectivity index (χ1n) is 22.0. The Kier molecular flexibility index (Phi) is 12.0. The van der Waals surface area contributed by atoms with Gasteiger partial charge in [0.15, 0.2) is 11.4 Å². The van der Waals surface area contributed by atoms with Crippen molar-refractivity contribution in [3.05, 3.63) is 99.8 Å². The molecule has 1 saturated carbocycles. The first kappa shape index (κ1) is 41.2. The van der Waals surface area contributed by atoms with Crippen LogP contribution >= 0.6 is 0 Å². The Bertz CT molecular complexity index is 2570. The smallest absolute Gasteiger partial charge is 0.408 e. The largest absolute Gasteiger partial charge is 0.420 e. The zero-order valence-corrected chi connectivity index (χ0v) is 34.6. The Labute approximate surface area is 357 Å². The van der Waals surface area contributed by atoms with E-state index in [1.807, 2.05) is 18.2 Å². The molecular formula is C46H52FN9O6. The van der Waals surface area contributed by atoms with E-state index in [0.717, 1.165) is 89.8 Å². The van der Waals surface area contributed by atoms with Gasteiger partial charge >= 0.3 is 5.76 Å². The van der Waals surface area contributed by atoms with Crippen LogP contribution < -0.4 is 32.2 Å². The summed E-state index contributed by atoms with van der Waals surface area (Å²) < 4.78 is 23.4. The zero-order chi connectivity index (χ0) is 42.7. The SMILES string of the molecule is O=C1CCC(n2c(=O)oc3cc(N4CCC(CN5CCC(CC(=O)NC6CCC(Nc7ncc(F)c(-c8cccc(-n9ccccc9=O)c8)n7)CC6)CC5)CC4)ccc32)C(=O)N1. The number of piperidine rings is 3. The number of carbonyl (C=O) groups is 3. The highest BCUT2D eigenvalue weighted by atomic mass is 19.1. The summed E-state index contributed by atoms with van der Waals surface area (Å²) in [7, 11) is 0. The lowest BCUT2D eigenvalue weighted by Crippen LogP contribution is -2.43. The van der Waals surface area contributed by atoms with Crippen molar-refractivity contribution in [3.63, 3.8) is 0 Å². The second-order valence-electron chi connectivity index (χ2n) is 17.3. The van der Waals surface area contributed by atoms with E-state index in [4.69, 9.17) is 4.42 Å². The predicted octanol–water partition coefficient (Wildman–Crippen LogP) is 5.18. The van der Waals surface area contributed by atoms with E-state index >= 15 is 0 Å². The van der Waals surface area contributed by atoms with Crippen molar-refractivity contribution in [2.75, 3.05) is 42.9 Å². The number of imide groups is 1. The number of likely N-dealkylation sites (tertiary alicyclic amines) is 1. The van der Waals surface area contributed by atoms with Crippen molar-refractivity contribution in [2.24, 2.45) is 11.8 Å². The highest BCUT2D eigenvalue weighted by Crippen LogP contribution is 2.31. The number of carbonyl (C=O) groups excluding carboxylic acids is 3. The molecule has 1 atom stereocenters. The van der Waals surface area contributed by atoms with Crippen LogP contribution in [0.5, 0.6) is 0 Å². The van der Waals surface area contributed by atoms with Crippen molar-refractivity contribution in [3.8, 4) is 16.9 Å². The minimum atomic E-state index is -0.761. The van der Waals surface area contributed by atoms with E-state index < -0.39 is 23.5 Å². The van der Waals surface area contributed by atoms with Crippen LogP contribution in [-0.2, 0) is 14.4 Å². The van der Waals surface area contributed by atoms with Crippen LogP contribution in [0.4, 0.5) is 16.0 Å². The van der Waals surface area contributed by atoms with Crippen molar-refractivity contribution in [1.82, 2.24) is 34.6 Å². The van der Waals surface area contributed by atoms with Gasteiger partial charge in [-0.05, 0) is 113 Å². The second-order valence-corrected chi connectivity index (χ2v) is 17.3. The fourth-order valence-corrected chi connectivity index (χ4v) is 9.75. The summed E-state index contributed by atoms with van der Waals surface area (Å²) in [6.45, 7) is 4.86. The van der Waals surface area contributed by atoms with Gasteiger partial charge in [-0.3, -0.25) is 33.6 Å². The molecule has 1 unspecified atom stereocenters. The molecule has 4 fully saturated rings. The molecule has 5 aromatic rings. The van der Waals surface area contributed by atoms with Gasteiger partial charge in [0.05, 0.1) is 11.7 Å². The molecule has 2 aromatic carbocycles. The molecule has 3 aromatic heterocycles. The molecule has 1 aliphatic carbocycles. The van der Waals surface area contributed by atoms with Gasteiger partial charge in [0, 0.05) is 79.8 Å². The molecule has 3 saturated heterocycles. The molecular weight excluding hydrogens is 794 g/mol. The van der Waals surface area contributed by atoms with E-state index in [-0.39, 0.29) is 48.0 Å². The number of hydrogen-bond acceptors (Lipinski definition) is 11. The van der Waals surface area contributed by atoms with Crippen LogP contribution in [0.2, 0.25) is 0 Å². The first-order valence-corrected chi connectivity index (χ1v) is 22.0. The van der Waals surface area contributed by atoms with Crippen molar-refractivity contribution in [2.45, 2.75) is 88.8 Å². The van der Waals surface area contributed by atoms with E-state index in [2.05, 4.69) is 35.7 Å². The fourth-order valence-electron chi connectivity index (χ4n) is 9.75. The van der Waals surface area contributed by atoms with Crippen molar-refractivity contribution >= 4 is 40.5 Å². The summed E-state index contributed by atoms with van der Waals surface area (Å²) in [6.07, 6.45) is 11.3. The standard InChI is InChI=1S/C46H52FN9O6/c47-36-27-48-45(52-43(36)31-4-3-5-35(25-31)55-19-2-1-6-42(55)59)50-33-9-7-32(8-10-33)49-41(58)24-29-15-20-53(21-16-29)28-30-17-22-54(23-18-30)34-11-12-37-39(26-34)62-46(61)56(37)38-13-14-40(57)51-44(38)60/h1-6,11-12,19,25-27,29-30,32-33,38H,7-10,13-18,20-24,28H2,(H,49,58)(H,48,50,52)(H,51,57,60). The Balaban J connectivity index is 0.686. The first-order chi connectivity index (χ1) is 30.1. The number of hydrogen-bond donors (Lipinski definition) is 3. The fraction of sp³-hybridized carbons (Fsp3) is 0.457. The molecule has 6 heterocycles. The van der Waals surface area contributed by atoms with Crippen molar-refractivity contribution in [1.29, 1.82) is 0 Å². The third-order valence-corrected chi connectivity index (χ3v) is 13.2. The van der Waals surface area contributed by atoms with Gasteiger partial charge < -0.3 is 24.9 Å². The average Bonchev–Trinajstić information content (AvgIpc) is 3.60. The number of fused-ring (bicyclic) bond motifs is 1. The summed E-state index contributed by atoms with van der Waals surface area (Å²) in [5.41, 5.74) is 3.13. The third-order valence-electron chi connectivity index (χ3n) is 13.2. The van der Waals surface area contributed by atoms with Gasteiger partial charge in [-0.1, -0.05) is 18.2 Å². The molecule has 0 spiro atoms. The number of oxazole rings is 1. The Morgan fingerprint density at radius 2 is 1.60 bits per heavy atom. The van der Waals surface area contributed by atoms with E-state index in [9.17, 15) is 28.4 Å². The summed E-state index contributed by atoms with van der Waals surface area (Å²) >= 11 is 0. The van der Waals surface area contributed by atoms with Crippen LogP contribution in [0.15, 0.2) is 87.1 Å². The molecule has 15 nitrogen and oxygen atoms in total. The summed E-state index contributed by atoms with van der Waals surface area (Å²) in [4.78, 5) is 75.9. The maximum Gasteiger partial charge on any atom is 0.420 e. The quantitative estimate of drug-likeness (QED) is 0.150.